The largest absolute Gasteiger partial charge is 0.330 e. The highest BCUT2D eigenvalue weighted by atomic mass is 16.6. The Morgan fingerprint density at radius 2 is 1.73 bits per heavy atom. The number of hydrogen-bond donors (Lipinski definition) is 0. The number of carbonyl (C=O) groups excluding carboxylic acids is 2. The molecule has 0 N–H and O–H groups in total. The summed E-state index contributed by atoms with van der Waals surface area (Å²) in [6.45, 7) is 4.43. The Bertz CT molecular complexity index is 1610. The van der Waals surface area contributed by atoms with E-state index in [1.54, 1.807) is 23.1 Å². The number of aryl methyl sites for hydroxylation is 1. The van der Waals surface area contributed by atoms with Crippen molar-refractivity contribution in [3.63, 3.8) is 0 Å². The van der Waals surface area contributed by atoms with Gasteiger partial charge in [-0.25, -0.2) is 0 Å². The van der Waals surface area contributed by atoms with Gasteiger partial charge in [-0.15, -0.1) is 0 Å². The summed E-state index contributed by atoms with van der Waals surface area (Å²) >= 11 is 0. The molecule has 1 aliphatic rings. The molecule has 0 aliphatic carbocycles. The maximum absolute atomic E-state index is 14.2. The first kappa shape index (κ1) is 27.6. The second-order valence-electron chi connectivity index (χ2n) is 10.2. The number of aromatic nitrogens is 1. The summed E-state index contributed by atoms with van der Waals surface area (Å²) in [6, 6.07) is 25.7. The molecule has 41 heavy (non-hydrogen) atoms. The number of fused-ring (bicyclic) bond motifs is 3. The number of rotatable bonds is 9. The van der Waals surface area contributed by atoms with Crippen LogP contribution in [0.1, 0.15) is 48.2 Å². The first-order valence-electron chi connectivity index (χ1n) is 13.7. The third-order valence-electron chi connectivity index (χ3n) is 7.29. The number of para-hydroxylation sites is 2. The van der Waals surface area contributed by atoms with E-state index < -0.39 is 4.92 Å². The van der Waals surface area contributed by atoms with E-state index in [1.165, 1.54) is 18.2 Å². The zero-order valence-corrected chi connectivity index (χ0v) is 23.1. The number of nitrogens with zero attached hydrogens (tertiary/aromatic N) is 4. The Kier molecular flexibility index (Phi) is 8.10. The lowest BCUT2D eigenvalue weighted by Crippen LogP contribution is -2.46. The lowest BCUT2D eigenvalue weighted by molar-refractivity contribution is -0.384. The Labute approximate surface area is 239 Å². The predicted octanol–water partition coefficient (Wildman–Crippen LogP) is 6.47. The van der Waals surface area contributed by atoms with Crippen LogP contribution in [0.3, 0.4) is 0 Å². The number of hydrogen-bond acceptors (Lipinski definition) is 4. The topological polar surface area (TPSA) is 88.7 Å². The minimum atomic E-state index is -0.462. The van der Waals surface area contributed by atoms with Gasteiger partial charge in [0.2, 0.25) is 11.8 Å². The van der Waals surface area contributed by atoms with Crippen LogP contribution in [0.4, 0.5) is 11.4 Å². The van der Waals surface area contributed by atoms with Crippen LogP contribution >= 0.6 is 0 Å². The molecule has 4 aromatic rings. The number of benzene rings is 3. The van der Waals surface area contributed by atoms with Crippen LogP contribution in [0.25, 0.3) is 11.8 Å². The van der Waals surface area contributed by atoms with Crippen molar-refractivity contribution in [3.05, 3.63) is 130 Å². The summed E-state index contributed by atoms with van der Waals surface area (Å²) < 4.78 is 2.12. The van der Waals surface area contributed by atoms with E-state index in [0.29, 0.717) is 12.1 Å². The second-order valence-corrected chi connectivity index (χ2v) is 10.2. The molecule has 0 bridgehead atoms. The Morgan fingerprint density at radius 1 is 0.976 bits per heavy atom. The number of carbonyl (C=O) groups is 2. The third-order valence-corrected chi connectivity index (χ3v) is 7.29. The van der Waals surface area contributed by atoms with Crippen molar-refractivity contribution in [1.82, 2.24) is 9.47 Å². The van der Waals surface area contributed by atoms with Gasteiger partial charge in [0.1, 0.15) is 12.6 Å². The lowest BCUT2D eigenvalue weighted by Gasteiger charge is -2.39. The summed E-state index contributed by atoms with van der Waals surface area (Å²) in [7, 11) is 0. The summed E-state index contributed by atoms with van der Waals surface area (Å²) in [6.07, 6.45) is 6.69. The SMILES string of the molecule is CCCCN(CC(=O)N1c2ccccc2-n2cccc2C1c1cccc(C)c1)C(=O)/C=C/c1ccc([N+](=O)[O-])cc1. The monoisotopic (exact) mass is 548 g/mol. The van der Waals surface area contributed by atoms with Gasteiger partial charge in [0.25, 0.3) is 5.69 Å². The average molecular weight is 549 g/mol. The molecule has 8 heteroatoms. The van der Waals surface area contributed by atoms with E-state index in [-0.39, 0.29) is 30.1 Å². The van der Waals surface area contributed by atoms with E-state index in [4.69, 9.17) is 0 Å². The molecule has 1 atom stereocenters. The Morgan fingerprint density at radius 3 is 2.44 bits per heavy atom. The van der Waals surface area contributed by atoms with Gasteiger partial charge in [-0.05, 0) is 66.9 Å². The highest BCUT2D eigenvalue weighted by Gasteiger charge is 2.36. The molecular formula is C33H32N4O4. The maximum atomic E-state index is 14.2. The summed E-state index contributed by atoms with van der Waals surface area (Å²) in [5.41, 5.74) is 5.43. The van der Waals surface area contributed by atoms with Crippen LogP contribution < -0.4 is 4.90 Å². The standard InChI is InChI=1S/C33H32N4O4/c1-3-4-20-34(31(38)19-16-25-14-17-27(18-15-25)37(40)41)23-32(39)36-29-12-6-5-11-28(29)35-21-8-13-30(35)33(36)26-10-7-9-24(2)22-26/h5-19,21-22,33H,3-4,20,23H2,1-2H3/b19-16+. The van der Waals surface area contributed by atoms with Gasteiger partial charge in [0.05, 0.1) is 22.0 Å². The molecule has 1 unspecified atom stereocenters. The van der Waals surface area contributed by atoms with Crippen molar-refractivity contribution in [2.45, 2.75) is 32.7 Å². The normalized spacial score (nSPS) is 14.0. The van der Waals surface area contributed by atoms with Gasteiger partial charge in [-0.2, -0.15) is 0 Å². The maximum Gasteiger partial charge on any atom is 0.269 e. The summed E-state index contributed by atoms with van der Waals surface area (Å²) in [5.74, 6) is -0.462. The molecule has 5 rings (SSSR count). The molecule has 0 radical (unpaired) electrons. The van der Waals surface area contributed by atoms with E-state index in [0.717, 1.165) is 41.0 Å². The quantitative estimate of drug-likeness (QED) is 0.136. The molecule has 3 aromatic carbocycles. The Hall–Kier alpha value is -4.98. The first-order chi connectivity index (χ1) is 19.9. The fraction of sp³-hybridized carbons (Fsp3) is 0.212. The fourth-order valence-corrected chi connectivity index (χ4v) is 5.25. The van der Waals surface area contributed by atoms with Gasteiger partial charge >= 0.3 is 0 Å². The molecule has 0 saturated carbocycles. The molecule has 8 nitrogen and oxygen atoms in total. The molecule has 1 aromatic heterocycles. The van der Waals surface area contributed by atoms with E-state index in [9.17, 15) is 19.7 Å². The third kappa shape index (κ3) is 5.82. The minimum absolute atomic E-state index is 0.0141. The number of unbranched alkanes of at least 4 members (excludes halogenated alkanes) is 1. The number of anilines is 1. The van der Waals surface area contributed by atoms with Gasteiger partial charge < -0.3 is 9.47 Å². The zero-order chi connectivity index (χ0) is 28.9. The zero-order valence-electron chi connectivity index (χ0n) is 23.1. The molecule has 0 spiro atoms. The number of nitro groups is 1. The molecular weight excluding hydrogens is 516 g/mol. The number of amides is 2. The molecule has 0 fully saturated rings. The van der Waals surface area contributed by atoms with Gasteiger partial charge in [-0.3, -0.25) is 24.6 Å². The van der Waals surface area contributed by atoms with E-state index >= 15 is 0 Å². The molecule has 208 valence electrons. The molecule has 0 saturated heterocycles. The predicted molar refractivity (Wildman–Crippen MR) is 160 cm³/mol. The summed E-state index contributed by atoms with van der Waals surface area (Å²) in [4.78, 5) is 41.5. The van der Waals surface area contributed by atoms with Crippen LogP contribution in [0.2, 0.25) is 0 Å². The van der Waals surface area contributed by atoms with E-state index in [1.807, 2.05) is 79.5 Å². The van der Waals surface area contributed by atoms with Gasteiger partial charge in [0, 0.05) is 31.0 Å². The number of non-ortho nitro benzene ring substituents is 1. The van der Waals surface area contributed by atoms with Crippen molar-refractivity contribution >= 4 is 29.3 Å². The minimum Gasteiger partial charge on any atom is -0.330 e. The van der Waals surface area contributed by atoms with E-state index in [2.05, 4.69) is 10.6 Å². The van der Waals surface area contributed by atoms with Crippen LogP contribution in [-0.4, -0.2) is 39.3 Å². The van der Waals surface area contributed by atoms with Crippen molar-refractivity contribution in [1.29, 1.82) is 0 Å². The molecule has 2 amide bonds. The van der Waals surface area contributed by atoms with Crippen molar-refractivity contribution < 1.29 is 14.5 Å². The van der Waals surface area contributed by atoms with Crippen LogP contribution in [0.15, 0.2) is 97.2 Å². The fourth-order valence-electron chi connectivity index (χ4n) is 5.25. The second kappa shape index (κ2) is 12.0. The van der Waals surface area contributed by atoms with Crippen LogP contribution in [0, 0.1) is 17.0 Å². The Balaban J connectivity index is 1.46. The van der Waals surface area contributed by atoms with Crippen molar-refractivity contribution in [2.75, 3.05) is 18.0 Å². The smallest absolute Gasteiger partial charge is 0.269 e. The lowest BCUT2D eigenvalue weighted by atomic mass is 9.96. The van der Waals surface area contributed by atoms with Crippen molar-refractivity contribution in [2.24, 2.45) is 0 Å². The average Bonchev–Trinajstić information content (AvgIpc) is 3.47. The van der Waals surface area contributed by atoms with Gasteiger partial charge in [-0.1, -0.05) is 55.3 Å². The van der Waals surface area contributed by atoms with Crippen molar-refractivity contribution in [3.8, 4) is 5.69 Å². The summed E-state index contributed by atoms with van der Waals surface area (Å²) in [5, 5.41) is 11.0. The highest BCUT2D eigenvalue weighted by molar-refractivity contribution is 6.02. The van der Waals surface area contributed by atoms with Crippen LogP contribution in [-0.2, 0) is 9.59 Å². The molecule has 1 aliphatic heterocycles. The number of nitro benzene ring substituents is 1. The molecule has 2 heterocycles. The van der Waals surface area contributed by atoms with Gasteiger partial charge in [0.15, 0.2) is 0 Å². The highest BCUT2D eigenvalue weighted by Crippen LogP contribution is 2.42. The first-order valence-corrected chi connectivity index (χ1v) is 13.7. The van der Waals surface area contributed by atoms with Crippen LogP contribution in [0.5, 0.6) is 0 Å².